The number of Topliss-reactive ketones (excluding diaryl/α,β-unsaturated/α-hetero) is 1. The SMILES string of the molecule is CC(=O)SC1(C(=O)O)C(C(C)=O)=CCN1Cc1ccco1. The normalized spacial score (nSPS) is 22.1. The molecule has 2 rings (SSSR count). The van der Waals surface area contributed by atoms with Crippen molar-refractivity contribution in [1.82, 2.24) is 4.90 Å². The van der Waals surface area contributed by atoms with Gasteiger partial charge in [0.2, 0.25) is 4.87 Å². The van der Waals surface area contributed by atoms with Gasteiger partial charge in [0.1, 0.15) is 5.76 Å². The Morgan fingerprint density at radius 3 is 2.62 bits per heavy atom. The van der Waals surface area contributed by atoms with Crippen LogP contribution in [0.5, 0.6) is 0 Å². The Morgan fingerprint density at radius 1 is 1.43 bits per heavy atom. The number of carbonyl (C=O) groups excluding carboxylic acids is 2. The van der Waals surface area contributed by atoms with Crippen LogP contribution in [0.1, 0.15) is 19.6 Å². The number of ketones is 1. The summed E-state index contributed by atoms with van der Waals surface area (Å²) in [6, 6.07) is 3.42. The Balaban J connectivity index is 2.42. The van der Waals surface area contributed by atoms with Gasteiger partial charge in [-0.15, -0.1) is 0 Å². The lowest BCUT2D eigenvalue weighted by molar-refractivity contribution is -0.144. The molecular weight excluding hydrogens is 294 g/mol. The van der Waals surface area contributed by atoms with Crippen LogP contribution in [0.2, 0.25) is 0 Å². The molecule has 1 aliphatic rings. The zero-order valence-electron chi connectivity index (χ0n) is 11.7. The van der Waals surface area contributed by atoms with Crippen LogP contribution in [-0.2, 0) is 20.9 Å². The number of carbonyl (C=O) groups is 3. The minimum Gasteiger partial charge on any atom is -0.479 e. The van der Waals surface area contributed by atoms with E-state index in [0.29, 0.717) is 17.5 Å². The molecule has 0 aromatic carbocycles. The second kappa shape index (κ2) is 5.87. The number of thioether (sulfide) groups is 1. The maximum atomic E-state index is 11.9. The molecule has 1 N–H and O–H groups in total. The van der Waals surface area contributed by atoms with Gasteiger partial charge in [-0.3, -0.25) is 14.5 Å². The summed E-state index contributed by atoms with van der Waals surface area (Å²) in [7, 11) is 0. The van der Waals surface area contributed by atoms with E-state index >= 15 is 0 Å². The number of nitrogens with zero attached hydrogens (tertiary/aromatic N) is 1. The number of hydrogen-bond donors (Lipinski definition) is 1. The molecule has 0 amide bonds. The summed E-state index contributed by atoms with van der Waals surface area (Å²) in [5.41, 5.74) is 0.127. The number of furan rings is 1. The van der Waals surface area contributed by atoms with Crippen LogP contribution in [0, 0.1) is 0 Å². The molecule has 6 nitrogen and oxygen atoms in total. The minimum absolute atomic E-state index is 0.127. The molecule has 1 unspecified atom stereocenters. The summed E-state index contributed by atoms with van der Waals surface area (Å²) in [6.45, 7) is 3.06. The van der Waals surface area contributed by atoms with E-state index in [2.05, 4.69) is 0 Å². The first-order chi connectivity index (χ1) is 9.87. The highest BCUT2D eigenvalue weighted by Gasteiger charge is 2.54. The highest BCUT2D eigenvalue weighted by atomic mass is 32.2. The molecule has 0 radical (unpaired) electrons. The third-order valence-electron chi connectivity index (χ3n) is 3.21. The Labute approximate surface area is 125 Å². The summed E-state index contributed by atoms with van der Waals surface area (Å²) in [6.07, 6.45) is 3.06. The van der Waals surface area contributed by atoms with Crippen molar-refractivity contribution in [1.29, 1.82) is 0 Å². The van der Waals surface area contributed by atoms with E-state index in [1.54, 1.807) is 23.1 Å². The lowest BCUT2D eigenvalue weighted by atomic mass is 10.0. The van der Waals surface area contributed by atoms with Gasteiger partial charge in [0.05, 0.1) is 12.8 Å². The highest BCUT2D eigenvalue weighted by Crippen LogP contribution is 2.42. The van der Waals surface area contributed by atoms with Gasteiger partial charge < -0.3 is 9.52 Å². The van der Waals surface area contributed by atoms with Crippen LogP contribution in [0.4, 0.5) is 0 Å². The van der Waals surface area contributed by atoms with E-state index in [-0.39, 0.29) is 29.6 Å². The first-order valence-electron chi connectivity index (χ1n) is 6.30. The van der Waals surface area contributed by atoms with E-state index in [0.717, 1.165) is 0 Å². The fourth-order valence-electron chi connectivity index (χ4n) is 2.41. The molecule has 21 heavy (non-hydrogen) atoms. The second-order valence-corrected chi connectivity index (χ2v) is 6.05. The van der Waals surface area contributed by atoms with Crippen LogP contribution >= 0.6 is 11.8 Å². The molecule has 7 heteroatoms. The van der Waals surface area contributed by atoms with Crippen molar-refractivity contribution in [3.8, 4) is 0 Å². The van der Waals surface area contributed by atoms with Gasteiger partial charge in [-0.1, -0.05) is 6.08 Å². The molecule has 0 aliphatic carbocycles. The van der Waals surface area contributed by atoms with Crippen molar-refractivity contribution in [2.24, 2.45) is 0 Å². The fourth-order valence-corrected chi connectivity index (χ4v) is 3.52. The van der Waals surface area contributed by atoms with E-state index in [9.17, 15) is 19.5 Å². The molecule has 0 spiro atoms. The second-order valence-electron chi connectivity index (χ2n) is 4.68. The summed E-state index contributed by atoms with van der Waals surface area (Å²) in [4.78, 5) is 35.1. The zero-order chi connectivity index (χ0) is 15.6. The molecule has 1 aromatic heterocycles. The predicted molar refractivity (Wildman–Crippen MR) is 76.5 cm³/mol. The quantitative estimate of drug-likeness (QED) is 0.885. The molecule has 0 fully saturated rings. The predicted octanol–water partition coefficient (Wildman–Crippen LogP) is 1.67. The largest absolute Gasteiger partial charge is 0.479 e. The van der Waals surface area contributed by atoms with Crippen LogP contribution in [0.15, 0.2) is 34.5 Å². The highest BCUT2D eigenvalue weighted by molar-refractivity contribution is 8.15. The lowest BCUT2D eigenvalue weighted by Gasteiger charge is -2.34. The maximum absolute atomic E-state index is 11.9. The number of carboxylic acid groups (broad SMARTS) is 1. The molecule has 1 aromatic rings. The van der Waals surface area contributed by atoms with Crippen molar-refractivity contribution in [3.05, 3.63) is 35.8 Å². The van der Waals surface area contributed by atoms with Crippen LogP contribution in [0.25, 0.3) is 0 Å². The number of aliphatic carboxylic acids is 1. The van der Waals surface area contributed by atoms with E-state index in [1.807, 2.05) is 0 Å². The number of rotatable bonds is 5. The van der Waals surface area contributed by atoms with Crippen LogP contribution in [0.3, 0.4) is 0 Å². The molecule has 0 bridgehead atoms. The average Bonchev–Trinajstić information content (AvgIpc) is 2.98. The van der Waals surface area contributed by atoms with E-state index in [1.165, 1.54) is 20.1 Å². The van der Waals surface area contributed by atoms with Crippen molar-refractivity contribution in [3.63, 3.8) is 0 Å². The Morgan fingerprint density at radius 2 is 2.14 bits per heavy atom. The number of hydrogen-bond acceptors (Lipinski definition) is 6. The van der Waals surface area contributed by atoms with Crippen molar-refractivity contribution >= 4 is 28.6 Å². The third kappa shape index (κ3) is 2.79. The van der Waals surface area contributed by atoms with Gasteiger partial charge in [0.15, 0.2) is 10.9 Å². The first-order valence-corrected chi connectivity index (χ1v) is 7.11. The van der Waals surface area contributed by atoms with Crippen molar-refractivity contribution in [2.45, 2.75) is 25.3 Å². The van der Waals surface area contributed by atoms with Gasteiger partial charge in [-0.05, 0) is 30.8 Å². The smallest absolute Gasteiger partial charge is 0.340 e. The maximum Gasteiger partial charge on any atom is 0.340 e. The van der Waals surface area contributed by atoms with Gasteiger partial charge in [-0.2, -0.15) is 0 Å². The molecule has 1 atom stereocenters. The van der Waals surface area contributed by atoms with Gasteiger partial charge in [0.25, 0.3) is 0 Å². The fraction of sp³-hybridized carbons (Fsp3) is 0.357. The monoisotopic (exact) mass is 309 g/mol. The summed E-state index contributed by atoms with van der Waals surface area (Å²) in [5.74, 6) is -1.01. The molecular formula is C14H15NO5S. The molecule has 112 valence electrons. The Hall–Kier alpha value is -1.86. The van der Waals surface area contributed by atoms with Crippen LogP contribution in [-0.4, -0.2) is 38.3 Å². The molecule has 0 saturated heterocycles. The van der Waals surface area contributed by atoms with Crippen LogP contribution < -0.4 is 0 Å². The Kier molecular flexibility index (Phi) is 4.34. The minimum atomic E-state index is -1.69. The third-order valence-corrected chi connectivity index (χ3v) is 4.45. The van der Waals surface area contributed by atoms with Crippen molar-refractivity contribution in [2.75, 3.05) is 6.54 Å². The first kappa shape index (κ1) is 15.5. The van der Waals surface area contributed by atoms with Gasteiger partial charge >= 0.3 is 5.97 Å². The summed E-state index contributed by atoms with van der Waals surface area (Å²) >= 11 is 0.641. The topological polar surface area (TPSA) is 87.8 Å². The van der Waals surface area contributed by atoms with Gasteiger partial charge in [-0.25, -0.2) is 4.79 Å². The van der Waals surface area contributed by atoms with E-state index in [4.69, 9.17) is 4.42 Å². The van der Waals surface area contributed by atoms with Gasteiger partial charge in [0, 0.05) is 19.0 Å². The molecule has 2 heterocycles. The average molecular weight is 309 g/mol. The number of carboxylic acids is 1. The van der Waals surface area contributed by atoms with Crippen molar-refractivity contribution < 1.29 is 23.9 Å². The molecule has 0 saturated carbocycles. The summed E-state index contributed by atoms with van der Waals surface area (Å²) < 4.78 is 5.23. The van der Waals surface area contributed by atoms with E-state index < -0.39 is 10.8 Å². The summed E-state index contributed by atoms with van der Waals surface area (Å²) in [5, 5.41) is 9.33. The lowest BCUT2D eigenvalue weighted by Crippen LogP contribution is -2.51. The Bertz CT molecular complexity index is 607. The molecule has 1 aliphatic heterocycles. The standard InChI is InChI=1S/C14H15NO5S/c1-9(16)12-5-6-15(8-11-4-3-7-20-11)14(12,13(18)19)21-10(2)17/h3-5,7H,6,8H2,1-2H3,(H,18,19). The zero-order valence-corrected chi connectivity index (χ0v) is 12.5.